The Hall–Kier alpha value is -1.93. The monoisotopic (exact) mass is 421 g/mol. The van der Waals surface area contributed by atoms with Gasteiger partial charge >= 0.3 is 0 Å². The van der Waals surface area contributed by atoms with Gasteiger partial charge in [-0.1, -0.05) is 41.9 Å². The van der Waals surface area contributed by atoms with Crippen molar-refractivity contribution in [2.45, 2.75) is 30.7 Å². The summed E-state index contributed by atoms with van der Waals surface area (Å²) in [7, 11) is -3.57. The molecule has 0 saturated carbocycles. The fraction of sp³-hybridized carbons (Fsp3) is 0.350. The third-order valence-corrected chi connectivity index (χ3v) is 7.01. The molecule has 8 heteroatoms. The second-order valence-corrected chi connectivity index (χ2v) is 9.16. The Bertz CT molecular complexity index is 929. The van der Waals surface area contributed by atoms with Gasteiger partial charge in [0.15, 0.2) is 0 Å². The number of carbonyl (C=O) groups is 1. The van der Waals surface area contributed by atoms with Gasteiger partial charge in [0.05, 0.1) is 22.2 Å². The van der Waals surface area contributed by atoms with E-state index in [9.17, 15) is 13.2 Å². The summed E-state index contributed by atoms with van der Waals surface area (Å²) < 4.78 is 26.9. The molecule has 0 unspecified atom stereocenters. The largest absolute Gasteiger partial charge is 0.324 e. The molecule has 2 N–H and O–H groups in total. The molecule has 3 rings (SSSR count). The minimum Gasteiger partial charge on any atom is -0.324 e. The molecule has 1 amide bonds. The van der Waals surface area contributed by atoms with Crippen molar-refractivity contribution in [3.8, 4) is 0 Å². The third-order valence-electron chi connectivity index (χ3n) is 4.78. The van der Waals surface area contributed by atoms with Crippen LogP contribution in [0.15, 0.2) is 53.4 Å². The minimum atomic E-state index is -3.57. The molecule has 1 aliphatic heterocycles. The first-order chi connectivity index (χ1) is 13.4. The lowest BCUT2D eigenvalue weighted by Crippen LogP contribution is -2.30. The molecule has 150 valence electrons. The van der Waals surface area contributed by atoms with Crippen LogP contribution in [-0.4, -0.2) is 38.3 Å². The van der Waals surface area contributed by atoms with E-state index in [1.165, 1.54) is 22.5 Å². The second kappa shape index (κ2) is 9.05. The van der Waals surface area contributed by atoms with Crippen LogP contribution in [0.2, 0.25) is 5.02 Å². The van der Waals surface area contributed by atoms with Gasteiger partial charge in [0.2, 0.25) is 15.9 Å². The number of carbonyl (C=O) groups excluding carboxylic acids is 1. The van der Waals surface area contributed by atoms with Crippen molar-refractivity contribution >= 4 is 33.2 Å². The zero-order chi connectivity index (χ0) is 20.1. The zero-order valence-corrected chi connectivity index (χ0v) is 17.3. The van der Waals surface area contributed by atoms with Crippen LogP contribution in [0.1, 0.15) is 31.4 Å². The fourth-order valence-electron chi connectivity index (χ4n) is 3.14. The molecule has 1 saturated heterocycles. The fourth-order valence-corrected chi connectivity index (χ4v) is 4.85. The number of benzene rings is 2. The Balaban J connectivity index is 1.65. The molecule has 6 nitrogen and oxygen atoms in total. The van der Waals surface area contributed by atoms with Gasteiger partial charge in [-0.2, -0.15) is 4.31 Å². The number of hydrogen-bond acceptors (Lipinski definition) is 4. The van der Waals surface area contributed by atoms with Gasteiger partial charge in [0.1, 0.15) is 0 Å². The highest BCUT2D eigenvalue weighted by Crippen LogP contribution is 2.28. The number of hydrogen-bond donors (Lipinski definition) is 2. The minimum absolute atomic E-state index is 0.00398. The van der Waals surface area contributed by atoms with Crippen molar-refractivity contribution in [1.82, 2.24) is 9.62 Å². The lowest BCUT2D eigenvalue weighted by Gasteiger charge is -2.17. The molecule has 0 radical (unpaired) electrons. The zero-order valence-electron chi connectivity index (χ0n) is 15.7. The summed E-state index contributed by atoms with van der Waals surface area (Å²) in [5.74, 6) is -0.291. The van der Waals surface area contributed by atoms with Gasteiger partial charge in [-0.15, -0.1) is 0 Å². The van der Waals surface area contributed by atoms with Crippen LogP contribution in [0.25, 0.3) is 0 Å². The van der Waals surface area contributed by atoms with Gasteiger partial charge in [-0.3, -0.25) is 4.79 Å². The lowest BCUT2D eigenvalue weighted by atomic mass is 10.1. The average Bonchev–Trinajstić information content (AvgIpc) is 3.24. The molecular formula is C20H24ClN3O3S. The summed E-state index contributed by atoms with van der Waals surface area (Å²) in [6, 6.07) is 14.2. The van der Waals surface area contributed by atoms with Crippen molar-refractivity contribution < 1.29 is 13.2 Å². The predicted octanol–water partition coefficient (Wildman–Crippen LogP) is 3.41. The van der Waals surface area contributed by atoms with Crippen molar-refractivity contribution in [3.63, 3.8) is 0 Å². The Kier molecular flexibility index (Phi) is 6.72. The molecule has 2 aromatic carbocycles. The maximum atomic E-state index is 12.7. The molecular weight excluding hydrogens is 398 g/mol. The van der Waals surface area contributed by atoms with Gasteiger partial charge in [-0.25, -0.2) is 8.42 Å². The van der Waals surface area contributed by atoms with E-state index in [1.807, 2.05) is 37.3 Å². The highest BCUT2D eigenvalue weighted by molar-refractivity contribution is 7.89. The van der Waals surface area contributed by atoms with E-state index in [0.717, 1.165) is 18.4 Å². The van der Waals surface area contributed by atoms with E-state index in [-0.39, 0.29) is 23.4 Å². The molecule has 1 heterocycles. The van der Waals surface area contributed by atoms with Crippen LogP contribution in [0, 0.1) is 0 Å². The number of nitrogens with zero attached hydrogens (tertiary/aromatic N) is 1. The number of halogens is 1. The number of anilines is 1. The molecule has 1 atom stereocenters. The van der Waals surface area contributed by atoms with E-state index in [4.69, 9.17) is 11.6 Å². The summed E-state index contributed by atoms with van der Waals surface area (Å²) in [6.07, 6.45) is 1.73. The third kappa shape index (κ3) is 4.91. The topological polar surface area (TPSA) is 78.5 Å². The van der Waals surface area contributed by atoms with E-state index < -0.39 is 10.0 Å². The molecule has 1 fully saturated rings. The van der Waals surface area contributed by atoms with Gasteiger partial charge < -0.3 is 10.6 Å². The second-order valence-electron chi connectivity index (χ2n) is 6.81. The Morgan fingerprint density at radius 3 is 2.50 bits per heavy atom. The predicted molar refractivity (Wildman–Crippen MR) is 111 cm³/mol. The molecule has 0 aliphatic carbocycles. The van der Waals surface area contributed by atoms with Crippen LogP contribution in [0.3, 0.4) is 0 Å². The molecule has 0 bridgehead atoms. The first-order valence-corrected chi connectivity index (χ1v) is 11.1. The van der Waals surface area contributed by atoms with Crippen molar-refractivity contribution in [3.05, 3.63) is 59.1 Å². The summed E-state index contributed by atoms with van der Waals surface area (Å²) >= 11 is 6.17. The SMILES string of the molecule is C[C@@H](NCC(=O)Nc1cc(S(=O)(=O)N2CCCC2)ccc1Cl)c1ccccc1. The number of nitrogens with one attached hydrogen (secondary N) is 2. The molecule has 28 heavy (non-hydrogen) atoms. The standard InChI is InChI=1S/C20H24ClN3O3S/c1-15(16-7-3-2-4-8-16)22-14-20(25)23-19-13-17(9-10-18(19)21)28(26,27)24-11-5-6-12-24/h2-4,7-10,13,15,22H,5-6,11-12,14H2,1H3,(H,23,25)/t15-/m1/s1. The van der Waals surface area contributed by atoms with E-state index in [2.05, 4.69) is 10.6 Å². The van der Waals surface area contributed by atoms with Crippen LogP contribution >= 0.6 is 11.6 Å². The molecule has 2 aromatic rings. The summed E-state index contributed by atoms with van der Waals surface area (Å²) in [4.78, 5) is 12.5. The maximum Gasteiger partial charge on any atom is 0.243 e. The Morgan fingerprint density at radius 1 is 1.14 bits per heavy atom. The summed E-state index contributed by atoms with van der Waals surface area (Å²) in [5, 5.41) is 6.15. The number of amides is 1. The van der Waals surface area contributed by atoms with Crippen LogP contribution in [-0.2, 0) is 14.8 Å². The quantitative estimate of drug-likeness (QED) is 0.718. The Labute approximate surface area is 170 Å². The smallest absolute Gasteiger partial charge is 0.243 e. The van der Waals surface area contributed by atoms with Gasteiger partial charge in [-0.05, 0) is 43.5 Å². The highest BCUT2D eigenvalue weighted by Gasteiger charge is 2.27. The van der Waals surface area contributed by atoms with E-state index in [1.54, 1.807) is 0 Å². The van der Waals surface area contributed by atoms with Gasteiger partial charge in [0, 0.05) is 19.1 Å². The van der Waals surface area contributed by atoms with E-state index >= 15 is 0 Å². The van der Waals surface area contributed by atoms with Crippen LogP contribution < -0.4 is 10.6 Å². The van der Waals surface area contributed by atoms with Crippen LogP contribution in [0.5, 0.6) is 0 Å². The summed E-state index contributed by atoms with van der Waals surface area (Å²) in [6.45, 7) is 3.09. The molecule has 0 spiro atoms. The Morgan fingerprint density at radius 2 is 1.82 bits per heavy atom. The van der Waals surface area contributed by atoms with E-state index in [0.29, 0.717) is 23.8 Å². The highest BCUT2D eigenvalue weighted by atomic mass is 35.5. The van der Waals surface area contributed by atoms with Crippen molar-refractivity contribution in [2.75, 3.05) is 25.0 Å². The van der Waals surface area contributed by atoms with Crippen molar-refractivity contribution in [1.29, 1.82) is 0 Å². The first kappa shape index (κ1) is 20.8. The van der Waals surface area contributed by atoms with Crippen LogP contribution in [0.4, 0.5) is 5.69 Å². The first-order valence-electron chi connectivity index (χ1n) is 9.26. The lowest BCUT2D eigenvalue weighted by molar-refractivity contribution is -0.115. The van der Waals surface area contributed by atoms with Crippen molar-refractivity contribution in [2.24, 2.45) is 0 Å². The normalized spacial score (nSPS) is 16.1. The molecule has 1 aliphatic rings. The summed E-state index contributed by atoms with van der Waals surface area (Å²) in [5.41, 5.74) is 1.37. The number of sulfonamides is 1. The maximum absolute atomic E-state index is 12.7. The molecule has 0 aromatic heterocycles. The number of rotatable bonds is 7. The van der Waals surface area contributed by atoms with Gasteiger partial charge in [0.25, 0.3) is 0 Å². The average molecular weight is 422 g/mol.